The zero-order chi connectivity index (χ0) is 15.2. The Balaban J connectivity index is 2.00. The molecule has 6 nitrogen and oxygen atoms in total. The summed E-state index contributed by atoms with van der Waals surface area (Å²) < 4.78 is 5.84. The smallest absolute Gasteiger partial charge is 0.409 e. The average Bonchev–Trinajstić information content (AvgIpc) is 2.47. The standard InChI is InChI=1S/C14H21BrN4O2/c1-3-5-12-16-11(15)10-13(17-12)18-6-8-19(9-7-18)14(20)21-4-2/h10H,3-9H2,1-2H3. The Morgan fingerprint density at radius 2 is 2.00 bits per heavy atom. The summed E-state index contributed by atoms with van der Waals surface area (Å²) in [5, 5.41) is 0. The van der Waals surface area contributed by atoms with Gasteiger partial charge in [-0.1, -0.05) is 6.92 Å². The van der Waals surface area contributed by atoms with E-state index < -0.39 is 0 Å². The topological polar surface area (TPSA) is 58.6 Å². The summed E-state index contributed by atoms with van der Waals surface area (Å²) in [6, 6.07) is 1.93. The molecule has 0 saturated carbocycles. The number of carbonyl (C=O) groups excluding carboxylic acids is 1. The van der Waals surface area contributed by atoms with E-state index in [0.29, 0.717) is 19.7 Å². The molecule has 2 heterocycles. The number of aryl methyl sites for hydroxylation is 1. The Kier molecular flexibility index (Phi) is 5.78. The van der Waals surface area contributed by atoms with Crippen molar-refractivity contribution in [3.63, 3.8) is 0 Å². The first kappa shape index (κ1) is 16.0. The molecule has 0 spiro atoms. The number of anilines is 1. The van der Waals surface area contributed by atoms with Crippen molar-refractivity contribution in [1.29, 1.82) is 0 Å². The molecule has 0 radical (unpaired) electrons. The van der Waals surface area contributed by atoms with Crippen LogP contribution in [0.1, 0.15) is 26.1 Å². The maximum atomic E-state index is 11.7. The number of halogens is 1. The number of nitrogens with zero attached hydrogens (tertiary/aromatic N) is 4. The highest BCUT2D eigenvalue weighted by atomic mass is 79.9. The van der Waals surface area contributed by atoms with Gasteiger partial charge in [-0.2, -0.15) is 0 Å². The van der Waals surface area contributed by atoms with Gasteiger partial charge in [-0.05, 0) is 29.3 Å². The molecule has 0 atom stereocenters. The van der Waals surface area contributed by atoms with E-state index in [1.54, 1.807) is 4.90 Å². The van der Waals surface area contributed by atoms with Gasteiger partial charge in [0, 0.05) is 38.7 Å². The third kappa shape index (κ3) is 4.30. The van der Waals surface area contributed by atoms with Gasteiger partial charge in [-0.3, -0.25) is 0 Å². The van der Waals surface area contributed by atoms with Crippen molar-refractivity contribution in [2.45, 2.75) is 26.7 Å². The molecule has 1 aliphatic heterocycles. The molecule has 0 bridgehead atoms. The number of carbonyl (C=O) groups is 1. The van der Waals surface area contributed by atoms with Crippen LogP contribution in [0.5, 0.6) is 0 Å². The number of rotatable bonds is 4. The third-order valence-corrected chi connectivity index (χ3v) is 3.74. The molecule has 0 N–H and O–H groups in total. The van der Waals surface area contributed by atoms with Crippen molar-refractivity contribution in [3.8, 4) is 0 Å². The Labute approximate surface area is 133 Å². The molecule has 0 unspecified atom stereocenters. The molecular weight excluding hydrogens is 336 g/mol. The van der Waals surface area contributed by atoms with Gasteiger partial charge in [0.15, 0.2) is 0 Å². The summed E-state index contributed by atoms with van der Waals surface area (Å²) >= 11 is 3.44. The molecule has 1 saturated heterocycles. The molecule has 0 aliphatic carbocycles. The molecule has 1 amide bonds. The van der Waals surface area contributed by atoms with Crippen molar-refractivity contribution >= 4 is 27.8 Å². The molecule has 7 heteroatoms. The molecule has 2 rings (SSSR count). The lowest BCUT2D eigenvalue weighted by Crippen LogP contribution is -2.49. The van der Waals surface area contributed by atoms with Gasteiger partial charge in [0.25, 0.3) is 0 Å². The van der Waals surface area contributed by atoms with Gasteiger partial charge < -0.3 is 14.5 Å². The number of ether oxygens (including phenoxy) is 1. The summed E-state index contributed by atoms with van der Waals surface area (Å²) in [6.45, 7) is 7.18. The highest BCUT2D eigenvalue weighted by Gasteiger charge is 2.23. The minimum atomic E-state index is -0.229. The highest BCUT2D eigenvalue weighted by molar-refractivity contribution is 9.10. The van der Waals surface area contributed by atoms with Crippen LogP contribution < -0.4 is 4.90 Å². The first-order chi connectivity index (χ1) is 10.1. The van der Waals surface area contributed by atoms with Crippen LogP contribution in [0.25, 0.3) is 0 Å². The van der Waals surface area contributed by atoms with Crippen molar-refractivity contribution in [2.24, 2.45) is 0 Å². The Bertz CT molecular complexity index is 490. The fraction of sp³-hybridized carbons (Fsp3) is 0.643. The quantitative estimate of drug-likeness (QED) is 0.775. The van der Waals surface area contributed by atoms with Gasteiger partial charge in [0.1, 0.15) is 16.2 Å². The number of piperazine rings is 1. The Morgan fingerprint density at radius 3 is 2.62 bits per heavy atom. The van der Waals surface area contributed by atoms with Gasteiger partial charge in [0.05, 0.1) is 6.61 Å². The van der Waals surface area contributed by atoms with E-state index in [1.807, 2.05) is 13.0 Å². The van der Waals surface area contributed by atoms with Crippen molar-refractivity contribution in [1.82, 2.24) is 14.9 Å². The molecule has 21 heavy (non-hydrogen) atoms. The van der Waals surface area contributed by atoms with Gasteiger partial charge in [-0.15, -0.1) is 0 Å². The maximum absolute atomic E-state index is 11.7. The van der Waals surface area contributed by atoms with Crippen LogP contribution in [0.15, 0.2) is 10.7 Å². The molecule has 1 aromatic heterocycles. The summed E-state index contributed by atoms with van der Waals surface area (Å²) in [4.78, 5) is 24.6. The minimum Gasteiger partial charge on any atom is -0.450 e. The zero-order valence-corrected chi connectivity index (χ0v) is 14.1. The predicted molar refractivity (Wildman–Crippen MR) is 84.5 cm³/mol. The number of hydrogen-bond acceptors (Lipinski definition) is 5. The van der Waals surface area contributed by atoms with Crippen LogP contribution in [0.4, 0.5) is 10.6 Å². The van der Waals surface area contributed by atoms with E-state index in [0.717, 1.165) is 42.2 Å². The lowest BCUT2D eigenvalue weighted by atomic mass is 10.3. The fourth-order valence-electron chi connectivity index (χ4n) is 2.28. The van der Waals surface area contributed by atoms with Gasteiger partial charge in [-0.25, -0.2) is 14.8 Å². The first-order valence-corrected chi connectivity index (χ1v) is 8.13. The first-order valence-electron chi connectivity index (χ1n) is 7.34. The summed E-state index contributed by atoms with van der Waals surface area (Å²) in [5.74, 6) is 1.78. The summed E-state index contributed by atoms with van der Waals surface area (Å²) in [5.41, 5.74) is 0. The third-order valence-electron chi connectivity index (χ3n) is 3.33. The molecule has 116 valence electrons. The van der Waals surface area contributed by atoms with Crippen LogP contribution in [0, 0.1) is 0 Å². The average molecular weight is 357 g/mol. The second-order valence-electron chi connectivity index (χ2n) is 4.89. The minimum absolute atomic E-state index is 0.229. The molecule has 0 aromatic carbocycles. The second kappa shape index (κ2) is 7.59. The zero-order valence-electron chi connectivity index (χ0n) is 12.5. The monoisotopic (exact) mass is 356 g/mol. The predicted octanol–water partition coefficient (Wildman–Crippen LogP) is 2.47. The Morgan fingerprint density at radius 1 is 1.29 bits per heavy atom. The summed E-state index contributed by atoms with van der Waals surface area (Å²) in [7, 11) is 0. The van der Waals surface area contributed by atoms with Crippen molar-refractivity contribution in [2.75, 3.05) is 37.7 Å². The largest absolute Gasteiger partial charge is 0.450 e. The number of hydrogen-bond donors (Lipinski definition) is 0. The van der Waals surface area contributed by atoms with E-state index >= 15 is 0 Å². The molecule has 1 fully saturated rings. The van der Waals surface area contributed by atoms with Gasteiger partial charge >= 0.3 is 6.09 Å². The van der Waals surface area contributed by atoms with Crippen molar-refractivity contribution < 1.29 is 9.53 Å². The van der Waals surface area contributed by atoms with E-state index in [1.165, 1.54) is 0 Å². The van der Waals surface area contributed by atoms with Gasteiger partial charge in [0.2, 0.25) is 0 Å². The van der Waals surface area contributed by atoms with Crippen molar-refractivity contribution in [3.05, 3.63) is 16.5 Å². The molecule has 1 aliphatic rings. The molecule has 1 aromatic rings. The normalized spacial score (nSPS) is 15.2. The van der Waals surface area contributed by atoms with Crippen LogP contribution in [0.2, 0.25) is 0 Å². The SMILES string of the molecule is CCCc1nc(Br)cc(N2CCN(C(=O)OCC)CC2)n1. The van der Waals surface area contributed by atoms with E-state index in [-0.39, 0.29) is 6.09 Å². The molecular formula is C14H21BrN4O2. The maximum Gasteiger partial charge on any atom is 0.409 e. The number of amides is 1. The van der Waals surface area contributed by atoms with Crippen LogP contribution in [-0.2, 0) is 11.2 Å². The lowest BCUT2D eigenvalue weighted by Gasteiger charge is -2.34. The van der Waals surface area contributed by atoms with E-state index in [2.05, 4.69) is 37.7 Å². The fourth-order valence-corrected chi connectivity index (χ4v) is 2.69. The highest BCUT2D eigenvalue weighted by Crippen LogP contribution is 2.19. The lowest BCUT2D eigenvalue weighted by molar-refractivity contribution is 0.105. The van der Waals surface area contributed by atoms with E-state index in [4.69, 9.17) is 4.74 Å². The van der Waals surface area contributed by atoms with Crippen LogP contribution in [0.3, 0.4) is 0 Å². The van der Waals surface area contributed by atoms with E-state index in [9.17, 15) is 4.79 Å². The van der Waals surface area contributed by atoms with Crippen LogP contribution >= 0.6 is 15.9 Å². The number of aromatic nitrogens is 2. The van der Waals surface area contributed by atoms with Crippen LogP contribution in [-0.4, -0.2) is 53.7 Å². The summed E-state index contributed by atoms with van der Waals surface area (Å²) in [6.07, 6.45) is 1.66. The second-order valence-corrected chi connectivity index (χ2v) is 5.70. The Hall–Kier alpha value is -1.37.